The van der Waals surface area contributed by atoms with Crippen molar-refractivity contribution in [2.75, 3.05) is 7.11 Å². The van der Waals surface area contributed by atoms with Gasteiger partial charge in [0.05, 0.1) is 12.1 Å². The van der Waals surface area contributed by atoms with Crippen molar-refractivity contribution in [3.63, 3.8) is 0 Å². The molecule has 0 amide bonds. The zero-order valence-electron chi connectivity index (χ0n) is 18.0. The second kappa shape index (κ2) is 8.56. The lowest BCUT2D eigenvalue weighted by Gasteiger charge is -2.40. The fourth-order valence-corrected chi connectivity index (χ4v) is 9.37. The highest BCUT2D eigenvalue weighted by molar-refractivity contribution is 8.00. The van der Waals surface area contributed by atoms with Gasteiger partial charge in [-0.3, -0.25) is 4.79 Å². The Kier molecular flexibility index (Phi) is 5.68. The lowest BCUT2D eigenvalue weighted by molar-refractivity contribution is 0.282. The van der Waals surface area contributed by atoms with Gasteiger partial charge in [0.25, 0.3) is 0 Å². The molecule has 33 heavy (non-hydrogen) atoms. The summed E-state index contributed by atoms with van der Waals surface area (Å²) in [6, 6.07) is 11.6. The van der Waals surface area contributed by atoms with Crippen LogP contribution in [0.15, 0.2) is 46.2 Å². The van der Waals surface area contributed by atoms with E-state index in [4.69, 9.17) is 32.7 Å². The Morgan fingerprint density at radius 1 is 1.09 bits per heavy atom. The van der Waals surface area contributed by atoms with Gasteiger partial charge in [-0.1, -0.05) is 46.7 Å². The summed E-state index contributed by atoms with van der Waals surface area (Å²) in [4.78, 5) is 16.6. The number of thioether (sulfide) groups is 1. The molecular formula is C25H23Cl2NO3S2. The Balaban J connectivity index is 1.33. The first-order chi connectivity index (χ1) is 16.0. The third-order valence-corrected chi connectivity index (χ3v) is 10.6. The topological polar surface area (TPSA) is 51.3 Å². The number of ether oxygens (including phenoxy) is 2. The molecule has 0 saturated heterocycles. The molecule has 2 bridgehead atoms. The summed E-state index contributed by atoms with van der Waals surface area (Å²) in [6.45, 7) is 0.323. The van der Waals surface area contributed by atoms with E-state index in [9.17, 15) is 4.79 Å². The van der Waals surface area contributed by atoms with Crippen LogP contribution in [0.4, 0.5) is 0 Å². The predicted octanol–water partition coefficient (Wildman–Crippen LogP) is 6.98. The average Bonchev–Trinajstić information content (AvgIpc) is 3.51. The Morgan fingerprint density at radius 2 is 1.94 bits per heavy atom. The first kappa shape index (κ1) is 21.9. The smallest absolute Gasteiger partial charge is 0.305 e. The minimum Gasteiger partial charge on any atom is -0.493 e. The van der Waals surface area contributed by atoms with Crippen molar-refractivity contribution < 1.29 is 9.47 Å². The first-order valence-electron chi connectivity index (χ1n) is 11.2. The van der Waals surface area contributed by atoms with E-state index in [0.717, 1.165) is 22.4 Å². The maximum Gasteiger partial charge on any atom is 0.305 e. The molecule has 2 aliphatic carbocycles. The number of aromatic nitrogens is 1. The monoisotopic (exact) mass is 519 g/mol. The van der Waals surface area contributed by atoms with Gasteiger partial charge in [0.15, 0.2) is 11.5 Å². The molecule has 2 aromatic carbocycles. The molecule has 2 saturated carbocycles. The molecular weight excluding hydrogens is 497 g/mol. The molecule has 3 aromatic rings. The van der Waals surface area contributed by atoms with Crippen LogP contribution < -0.4 is 14.3 Å². The molecule has 2 heterocycles. The third kappa shape index (κ3) is 3.79. The highest BCUT2D eigenvalue weighted by Crippen LogP contribution is 2.63. The fourth-order valence-electron chi connectivity index (χ4n) is 6.01. The summed E-state index contributed by atoms with van der Waals surface area (Å²) < 4.78 is 11.8. The number of benzene rings is 2. The lowest BCUT2D eigenvalue weighted by atomic mass is 9.75. The molecule has 0 unspecified atom stereocenters. The standard InChI is InChI=1S/C25H23Cl2NO3S2/c1-30-19-9-13(5-7-18(19)31-11-15-4-6-16(26)10-17(15)27)21-20-12-2-3-14(8-12)22(20)32-24-23(21)33-25(29)28-24/h4-7,9-10,12,14,20-22H,2-3,8,11H2,1H3,(H,28,29)/t12-,14-,20+,21-,22-/m0/s1. The number of fused-ring (bicyclic) bond motifs is 6. The molecule has 172 valence electrons. The van der Waals surface area contributed by atoms with E-state index in [1.165, 1.54) is 41.0 Å². The van der Waals surface area contributed by atoms with Gasteiger partial charge >= 0.3 is 4.87 Å². The Hall–Kier alpha value is -1.60. The van der Waals surface area contributed by atoms with Gasteiger partial charge in [-0.25, -0.2) is 0 Å². The summed E-state index contributed by atoms with van der Waals surface area (Å²) in [7, 11) is 1.67. The second-order valence-corrected chi connectivity index (χ2v) is 12.2. The van der Waals surface area contributed by atoms with Gasteiger partial charge in [0.2, 0.25) is 0 Å². The molecule has 5 atom stereocenters. The summed E-state index contributed by atoms with van der Waals surface area (Å²) in [6.07, 6.45) is 3.94. The van der Waals surface area contributed by atoms with E-state index in [2.05, 4.69) is 17.1 Å². The summed E-state index contributed by atoms with van der Waals surface area (Å²) in [5.41, 5.74) is 2.06. The number of hydrogen-bond donors (Lipinski definition) is 1. The van der Waals surface area contributed by atoms with E-state index in [-0.39, 0.29) is 10.8 Å². The van der Waals surface area contributed by atoms with Crippen molar-refractivity contribution in [3.05, 3.63) is 72.1 Å². The summed E-state index contributed by atoms with van der Waals surface area (Å²) in [5.74, 6) is 3.65. The van der Waals surface area contributed by atoms with Crippen molar-refractivity contribution in [1.29, 1.82) is 0 Å². The molecule has 0 spiro atoms. The molecule has 8 heteroatoms. The van der Waals surface area contributed by atoms with Gasteiger partial charge < -0.3 is 14.5 Å². The Morgan fingerprint density at radius 3 is 2.76 bits per heavy atom. The van der Waals surface area contributed by atoms with Crippen molar-refractivity contribution in [3.8, 4) is 11.5 Å². The summed E-state index contributed by atoms with van der Waals surface area (Å²) in [5, 5.41) is 2.83. The van der Waals surface area contributed by atoms with Crippen LogP contribution >= 0.6 is 46.3 Å². The van der Waals surface area contributed by atoms with Crippen molar-refractivity contribution >= 4 is 46.3 Å². The Bertz CT molecular complexity index is 1270. The number of nitrogens with one attached hydrogen (secondary N) is 1. The lowest BCUT2D eigenvalue weighted by Crippen LogP contribution is -2.33. The van der Waals surface area contributed by atoms with Crippen LogP contribution in [0.1, 0.15) is 41.2 Å². The van der Waals surface area contributed by atoms with Crippen molar-refractivity contribution in [1.82, 2.24) is 4.98 Å². The highest BCUT2D eigenvalue weighted by atomic mass is 35.5. The number of methoxy groups -OCH3 is 1. The van der Waals surface area contributed by atoms with E-state index in [0.29, 0.717) is 39.3 Å². The van der Waals surface area contributed by atoms with Gasteiger partial charge in [-0.15, -0.1) is 11.8 Å². The number of aromatic amines is 1. The van der Waals surface area contributed by atoms with Gasteiger partial charge in [0.1, 0.15) is 6.61 Å². The third-order valence-electron chi connectivity index (χ3n) is 7.41. The molecule has 1 N–H and O–H groups in total. The molecule has 0 radical (unpaired) electrons. The molecule has 2 fully saturated rings. The molecule has 1 aliphatic heterocycles. The maximum absolute atomic E-state index is 12.3. The van der Waals surface area contributed by atoms with Crippen LogP contribution in [-0.4, -0.2) is 17.3 Å². The molecule has 4 nitrogen and oxygen atoms in total. The van der Waals surface area contributed by atoms with Crippen molar-refractivity contribution in [2.24, 2.45) is 17.8 Å². The van der Waals surface area contributed by atoms with Gasteiger partial charge in [-0.05, 0) is 66.8 Å². The highest BCUT2D eigenvalue weighted by Gasteiger charge is 2.54. The first-order valence-corrected chi connectivity index (χ1v) is 13.6. The number of H-pyrrole nitrogens is 1. The minimum atomic E-state index is 0.0385. The average molecular weight is 521 g/mol. The largest absolute Gasteiger partial charge is 0.493 e. The van der Waals surface area contributed by atoms with E-state index in [1.807, 2.05) is 23.9 Å². The van der Waals surface area contributed by atoms with Crippen LogP contribution in [-0.2, 0) is 6.61 Å². The number of halogens is 2. The molecule has 6 rings (SSSR count). The fraction of sp³-hybridized carbons (Fsp3) is 0.400. The normalized spacial score (nSPS) is 27.3. The van der Waals surface area contributed by atoms with Crippen LogP contribution in [0.2, 0.25) is 10.0 Å². The number of hydrogen-bond acceptors (Lipinski definition) is 5. The van der Waals surface area contributed by atoms with Crippen LogP contribution in [0, 0.1) is 17.8 Å². The SMILES string of the molecule is COc1cc([C@@H]2c3sc(=O)[nH]c3S[C@H]3[C@H]4CC[C@@H](C4)[C@H]23)ccc1OCc1ccc(Cl)cc1Cl. The molecule has 1 aromatic heterocycles. The second-order valence-electron chi connectivity index (χ2n) is 9.11. The molecule has 3 aliphatic rings. The zero-order chi connectivity index (χ0) is 22.7. The number of thiazole rings is 1. The summed E-state index contributed by atoms with van der Waals surface area (Å²) >= 11 is 15.6. The van der Waals surface area contributed by atoms with Crippen LogP contribution in [0.25, 0.3) is 0 Å². The zero-order valence-corrected chi connectivity index (χ0v) is 21.1. The number of rotatable bonds is 5. The Labute approximate surface area is 210 Å². The quantitative estimate of drug-likeness (QED) is 0.394. The maximum atomic E-state index is 12.3. The van der Waals surface area contributed by atoms with Crippen LogP contribution in [0.3, 0.4) is 0 Å². The van der Waals surface area contributed by atoms with Crippen LogP contribution in [0.5, 0.6) is 11.5 Å². The van der Waals surface area contributed by atoms with E-state index >= 15 is 0 Å². The van der Waals surface area contributed by atoms with Crippen molar-refractivity contribution in [2.45, 2.75) is 42.1 Å². The van der Waals surface area contributed by atoms with Gasteiger partial charge in [-0.2, -0.15) is 0 Å². The minimum absolute atomic E-state index is 0.0385. The van der Waals surface area contributed by atoms with E-state index < -0.39 is 0 Å². The van der Waals surface area contributed by atoms with E-state index in [1.54, 1.807) is 19.2 Å². The predicted molar refractivity (Wildman–Crippen MR) is 135 cm³/mol. The van der Waals surface area contributed by atoms with Gasteiger partial charge in [0, 0.05) is 31.7 Å².